The van der Waals surface area contributed by atoms with Gasteiger partial charge in [0.15, 0.2) is 11.5 Å². The number of carbonyl (C=O) groups excluding carboxylic acids is 1. The van der Waals surface area contributed by atoms with Gasteiger partial charge in [0.1, 0.15) is 24.8 Å². The summed E-state index contributed by atoms with van der Waals surface area (Å²) < 4.78 is 10.5. The fourth-order valence-electron chi connectivity index (χ4n) is 1.93. The standard InChI is InChI=1S/C13H14N2O7/c1-7(13(17)18)14(2)12(16)8-5-10-11(22-4-3-21-10)6-9(8)15(19)20/h5-7H,3-4H2,1-2H3,(H,17,18). The molecule has 9 nitrogen and oxygen atoms in total. The van der Waals surface area contributed by atoms with Crippen molar-refractivity contribution in [2.75, 3.05) is 20.3 Å². The molecule has 1 N–H and O–H groups in total. The number of rotatable bonds is 4. The second-order valence-electron chi connectivity index (χ2n) is 4.70. The maximum Gasteiger partial charge on any atom is 0.326 e. The van der Waals surface area contributed by atoms with Crippen LogP contribution in [0.4, 0.5) is 5.69 Å². The molecule has 1 aromatic carbocycles. The van der Waals surface area contributed by atoms with Gasteiger partial charge in [-0.15, -0.1) is 0 Å². The van der Waals surface area contributed by atoms with Crippen LogP contribution in [0.2, 0.25) is 0 Å². The summed E-state index contributed by atoms with van der Waals surface area (Å²) in [5.74, 6) is -1.59. The predicted molar refractivity (Wildman–Crippen MR) is 73.3 cm³/mol. The van der Waals surface area contributed by atoms with Crippen molar-refractivity contribution in [1.29, 1.82) is 0 Å². The Hall–Kier alpha value is -2.84. The number of hydrogen-bond acceptors (Lipinski definition) is 6. The van der Waals surface area contributed by atoms with E-state index >= 15 is 0 Å². The summed E-state index contributed by atoms with van der Waals surface area (Å²) in [6.07, 6.45) is 0. The second-order valence-corrected chi connectivity index (χ2v) is 4.70. The maximum atomic E-state index is 12.4. The van der Waals surface area contributed by atoms with Gasteiger partial charge in [-0.2, -0.15) is 0 Å². The van der Waals surface area contributed by atoms with Gasteiger partial charge in [-0.3, -0.25) is 14.9 Å². The van der Waals surface area contributed by atoms with Crippen molar-refractivity contribution in [1.82, 2.24) is 4.90 Å². The van der Waals surface area contributed by atoms with Gasteiger partial charge in [-0.25, -0.2) is 4.79 Å². The Kier molecular flexibility index (Phi) is 4.15. The monoisotopic (exact) mass is 310 g/mol. The van der Waals surface area contributed by atoms with E-state index in [4.69, 9.17) is 14.6 Å². The highest BCUT2D eigenvalue weighted by atomic mass is 16.6. The normalized spacial score (nSPS) is 14.1. The molecule has 2 rings (SSSR count). The van der Waals surface area contributed by atoms with Crippen LogP contribution in [0, 0.1) is 10.1 Å². The number of carbonyl (C=O) groups is 2. The molecule has 1 aliphatic rings. The van der Waals surface area contributed by atoms with Gasteiger partial charge in [0.2, 0.25) is 0 Å². The van der Waals surface area contributed by atoms with Crippen LogP contribution in [-0.2, 0) is 4.79 Å². The number of nitrogens with zero attached hydrogens (tertiary/aromatic N) is 2. The van der Waals surface area contributed by atoms with Crippen molar-refractivity contribution in [2.24, 2.45) is 0 Å². The van der Waals surface area contributed by atoms with E-state index in [0.29, 0.717) is 0 Å². The highest BCUT2D eigenvalue weighted by molar-refractivity contribution is 6.00. The molecule has 118 valence electrons. The Morgan fingerprint density at radius 1 is 1.32 bits per heavy atom. The van der Waals surface area contributed by atoms with Crippen LogP contribution >= 0.6 is 0 Å². The lowest BCUT2D eigenvalue weighted by Crippen LogP contribution is -2.40. The molecule has 0 saturated heterocycles. The smallest absolute Gasteiger partial charge is 0.326 e. The second kappa shape index (κ2) is 5.88. The van der Waals surface area contributed by atoms with E-state index in [1.54, 1.807) is 0 Å². The number of hydrogen-bond donors (Lipinski definition) is 1. The average Bonchev–Trinajstić information content (AvgIpc) is 2.51. The molecule has 0 spiro atoms. The van der Waals surface area contributed by atoms with E-state index in [1.807, 2.05) is 0 Å². The van der Waals surface area contributed by atoms with Crippen LogP contribution in [0.3, 0.4) is 0 Å². The summed E-state index contributed by atoms with van der Waals surface area (Å²) in [6, 6.07) is 1.20. The van der Waals surface area contributed by atoms with Gasteiger partial charge < -0.3 is 19.5 Å². The van der Waals surface area contributed by atoms with E-state index in [1.165, 1.54) is 20.0 Å². The third-order valence-electron chi connectivity index (χ3n) is 3.35. The molecule has 9 heteroatoms. The first-order valence-electron chi connectivity index (χ1n) is 6.41. The van der Waals surface area contributed by atoms with Crippen LogP contribution in [0.15, 0.2) is 12.1 Å². The maximum absolute atomic E-state index is 12.4. The van der Waals surface area contributed by atoms with Gasteiger partial charge in [0, 0.05) is 13.1 Å². The van der Waals surface area contributed by atoms with E-state index in [9.17, 15) is 19.7 Å². The third-order valence-corrected chi connectivity index (χ3v) is 3.35. The van der Waals surface area contributed by atoms with Crippen molar-refractivity contribution in [2.45, 2.75) is 13.0 Å². The molecule has 1 amide bonds. The van der Waals surface area contributed by atoms with E-state index in [-0.39, 0.29) is 30.3 Å². The molecule has 1 heterocycles. The minimum atomic E-state index is -1.21. The molecule has 0 bridgehead atoms. The van der Waals surface area contributed by atoms with Gasteiger partial charge >= 0.3 is 5.97 Å². The van der Waals surface area contributed by atoms with Crippen LogP contribution in [0.1, 0.15) is 17.3 Å². The zero-order valence-electron chi connectivity index (χ0n) is 11.9. The average molecular weight is 310 g/mol. The molecule has 0 saturated carbocycles. The third kappa shape index (κ3) is 2.78. The van der Waals surface area contributed by atoms with Crippen molar-refractivity contribution < 1.29 is 29.1 Å². The van der Waals surface area contributed by atoms with Gasteiger partial charge in [-0.05, 0) is 6.92 Å². The molecular weight excluding hydrogens is 296 g/mol. The molecule has 0 radical (unpaired) electrons. The lowest BCUT2D eigenvalue weighted by molar-refractivity contribution is -0.385. The number of fused-ring (bicyclic) bond motifs is 1. The molecule has 1 atom stereocenters. The van der Waals surface area contributed by atoms with Crippen molar-refractivity contribution >= 4 is 17.6 Å². The first kappa shape index (κ1) is 15.5. The summed E-state index contributed by atoms with van der Waals surface area (Å²) in [6.45, 7) is 1.83. The molecule has 0 aromatic heterocycles. The number of nitro groups is 1. The Labute approximate surface area is 125 Å². The summed E-state index contributed by atoms with van der Waals surface area (Å²) in [5.41, 5.74) is -0.705. The van der Waals surface area contributed by atoms with Crippen LogP contribution in [0.25, 0.3) is 0 Å². The minimum Gasteiger partial charge on any atom is -0.486 e. The number of benzene rings is 1. The summed E-state index contributed by atoms with van der Waals surface area (Å²) in [7, 11) is 1.27. The van der Waals surface area contributed by atoms with Crippen LogP contribution < -0.4 is 9.47 Å². The number of nitro benzene ring substituents is 1. The van der Waals surface area contributed by atoms with Crippen molar-refractivity contribution in [3.63, 3.8) is 0 Å². The summed E-state index contributed by atoms with van der Waals surface area (Å²) >= 11 is 0. The van der Waals surface area contributed by atoms with Gasteiger partial charge in [0.05, 0.1) is 11.0 Å². The molecule has 22 heavy (non-hydrogen) atoms. The number of amides is 1. The Bertz CT molecular complexity index is 644. The zero-order valence-corrected chi connectivity index (χ0v) is 11.9. The van der Waals surface area contributed by atoms with Crippen LogP contribution in [-0.4, -0.2) is 53.1 Å². The highest BCUT2D eigenvalue weighted by Crippen LogP contribution is 2.37. The largest absolute Gasteiger partial charge is 0.486 e. The topological polar surface area (TPSA) is 119 Å². The minimum absolute atomic E-state index is 0.184. The van der Waals surface area contributed by atoms with E-state index in [0.717, 1.165) is 11.0 Å². The Balaban J connectivity index is 2.46. The molecule has 1 aromatic rings. The van der Waals surface area contributed by atoms with Crippen LogP contribution in [0.5, 0.6) is 11.5 Å². The lowest BCUT2D eigenvalue weighted by atomic mass is 10.1. The van der Waals surface area contributed by atoms with E-state index in [2.05, 4.69) is 0 Å². The quantitative estimate of drug-likeness (QED) is 0.648. The molecule has 0 fully saturated rings. The van der Waals surface area contributed by atoms with E-state index < -0.39 is 28.5 Å². The Morgan fingerprint density at radius 2 is 1.86 bits per heavy atom. The predicted octanol–water partition coefficient (Wildman–Crippen LogP) is 0.911. The first-order chi connectivity index (χ1) is 10.3. The number of aliphatic carboxylic acids is 1. The van der Waals surface area contributed by atoms with Gasteiger partial charge in [0.25, 0.3) is 11.6 Å². The zero-order chi connectivity index (χ0) is 16.4. The fraction of sp³-hybridized carbons (Fsp3) is 0.385. The molecular formula is C13H14N2O7. The number of carboxylic acid groups (broad SMARTS) is 1. The Morgan fingerprint density at radius 3 is 2.36 bits per heavy atom. The molecule has 1 unspecified atom stereocenters. The summed E-state index contributed by atoms with van der Waals surface area (Å²) in [4.78, 5) is 34.7. The number of ether oxygens (including phenoxy) is 2. The molecule has 0 aliphatic carbocycles. The highest BCUT2D eigenvalue weighted by Gasteiger charge is 2.31. The molecule has 1 aliphatic heterocycles. The number of likely N-dealkylation sites (N-methyl/N-ethyl adjacent to an activating group) is 1. The fourth-order valence-corrected chi connectivity index (χ4v) is 1.93. The van der Waals surface area contributed by atoms with Crippen molar-refractivity contribution in [3.05, 3.63) is 27.8 Å². The SMILES string of the molecule is CC(C(=O)O)N(C)C(=O)c1cc2c(cc1[N+](=O)[O-])OCCO2. The lowest BCUT2D eigenvalue weighted by Gasteiger charge is -2.23. The first-order valence-corrected chi connectivity index (χ1v) is 6.41. The van der Waals surface area contributed by atoms with Crippen molar-refractivity contribution in [3.8, 4) is 11.5 Å². The van der Waals surface area contributed by atoms with Gasteiger partial charge in [-0.1, -0.05) is 0 Å². The number of carboxylic acids is 1. The summed E-state index contributed by atoms with van der Waals surface area (Å²) in [5, 5.41) is 20.1.